The maximum Gasteiger partial charge on any atom is 0.257 e. The number of rotatable bonds is 1. The number of carbonyl (C=O) groups is 2. The minimum Gasteiger partial charge on any atom is -0.321 e. The van der Waals surface area contributed by atoms with Crippen LogP contribution in [0.4, 0.5) is 5.69 Å². The lowest BCUT2D eigenvalue weighted by Gasteiger charge is -2.10. The lowest BCUT2D eigenvalue weighted by atomic mass is 10.2. The zero-order chi connectivity index (χ0) is 15.2. The quantitative estimate of drug-likeness (QED) is 0.791. The summed E-state index contributed by atoms with van der Waals surface area (Å²) in [5, 5.41) is 2.90. The fraction of sp³-hybridized carbons (Fsp3) is 0. The Morgan fingerprint density at radius 2 is 1.86 bits per heavy atom. The van der Waals surface area contributed by atoms with Gasteiger partial charge in [-0.1, -0.05) is 17.7 Å². The second-order valence-corrected chi connectivity index (χ2v) is 6.95. The van der Waals surface area contributed by atoms with Gasteiger partial charge >= 0.3 is 0 Å². The topological polar surface area (TPSA) is 87.1 Å². The Morgan fingerprint density at radius 1 is 1.14 bits per heavy atom. The number of benzene rings is 2. The van der Waals surface area contributed by atoms with E-state index in [9.17, 15) is 13.8 Å². The molecule has 0 aliphatic carbocycles. The SMILES string of the molecule is N=S1(=O)c2ccc(C=O)cc2NC(=O)c2cc(Cl)ccc21. The largest absolute Gasteiger partial charge is 0.321 e. The highest BCUT2D eigenvalue weighted by Gasteiger charge is 2.28. The number of anilines is 1. The zero-order valence-electron chi connectivity index (χ0n) is 10.6. The van der Waals surface area contributed by atoms with E-state index in [-0.39, 0.29) is 21.0 Å². The first-order valence-electron chi connectivity index (χ1n) is 5.92. The second kappa shape index (κ2) is 4.68. The van der Waals surface area contributed by atoms with Gasteiger partial charge in [0, 0.05) is 10.6 Å². The highest BCUT2D eigenvalue weighted by atomic mass is 35.5. The molecule has 1 amide bonds. The number of carbonyl (C=O) groups excluding carboxylic acids is 2. The van der Waals surface area contributed by atoms with Gasteiger partial charge in [-0.3, -0.25) is 9.59 Å². The lowest BCUT2D eigenvalue weighted by molar-refractivity contribution is 0.102. The first kappa shape index (κ1) is 13.8. The van der Waals surface area contributed by atoms with Crippen LogP contribution in [0.2, 0.25) is 5.02 Å². The van der Waals surface area contributed by atoms with Gasteiger partial charge in [0.2, 0.25) is 0 Å². The van der Waals surface area contributed by atoms with Crippen molar-refractivity contribution in [1.82, 2.24) is 0 Å². The van der Waals surface area contributed by atoms with Crippen molar-refractivity contribution in [2.45, 2.75) is 9.79 Å². The van der Waals surface area contributed by atoms with Crippen LogP contribution in [-0.4, -0.2) is 16.4 Å². The third kappa shape index (κ3) is 2.12. The molecule has 0 spiro atoms. The Hall–Kier alpha value is -2.18. The molecule has 1 heterocycles. The highest BCUT2D eigenvalue weighted by molar-refractivity contribution is 7.92. The molecule has 106 valence electrons. The number of fused-ring (bicyclic) bond motifs is 2. The van der Waals surface area contributed by atoms with Crippen LogP contribution in [0.15, 0.2) is 46.2 Å². The van der Waals surface area contributed by atoms with Crippen LogP contribution in [0, 0.1) is 4.78 Å². The molecule has 2 N–H and O–H groups in total. The number of nitrogens with one attached hydrogen (secondary N) is 2. The van der Waals surface area contributed by atoms with E-state index in [1.807, 2.05) is 0 Å². The summed E-state index contributed by atoms with van der Waals surface area (Å²) in [7, 11) is -3.37. The van der Waals surface area contributed by atoms with Crippen molar-refractivity contribution in [1.29, 1.82) is 4.78 Å². The third-order valence-electron chi connectivity index (χ3n) is 3.19. The Labute approximate surface area is 125 Å². The van der Waals surface area contributed by atoms with Crippen molar-refractivity contribution in [3.8, 4) is 0 Å². The fourth-order valence-corrected chi connectivity index (χ4v) is 4.02. The maximum absolute atomic E-state index is 12.9. The number of hydrogen-bond acceptors (Lipinski definition) is 4. The van der Waals surface area contributed by atoms with Crippen LogP contribution in [-0.2, 0) is 9.73 Å². The Balaban J connectivity index is 2.36. The molecule has 7 heteroatoms. The maximum atomic E-state index is 12.9. The van der Waals surface area contributed by atoms with Gasteiger partial charge in [0.05, 0.1) is 21.0 Å². The van der Waals surface area contributed by atoms with Crippen LogP contribution in [0.1, 0.15) is 20.7 Å². The van der Waals surface area contributed by atoms with E-state index in [0.29, 0.717) is 16.9 Å². The standard InChI is InChI=1S/C14H9ClN2O3S/c15-9-2-4-12-10(6-9)14(19)17-11-5-8(7-18)1-3-13(11)21(12,16)20/h1-7,16H,(H,17,19). The molecule has 1 aliphatic rings. The molecule has 3 rings (SSSR count). The summed E-state index contributed by atoms with van der Waals surface area (Å²) in [5.74, 6) is -0.505. The van der Waals surface area contributed by atoms with E-state index in [2.05, 4.69) is 5.32 Å². The van der Waals surface area contributed by atoms with Crippen molar-refractivity contribution in [2.24, 2.45) is 0 Å². The minimum atomic E-state index is -3.37. The summed E-state index contributed by atoms with van der Waals surface area (Å²) in [4.78, 5) is 23.4. The molecular formula is C14H9ClN2O3S. The highest BCUT2D eigenvalue weighted by Crippen LogP contribution is 2.35. The summed E-state index contributed by atoms with van der Waals surface area (Å²) in [6.07, 6.45) is 0.618. The van der Waals surface area contributed by atoms with Gasteiger partial charge in [0.1, 0.15) is 16.0 Å². The summed E-state index contributed by atoms with van der Waals surface area (Å²) < 4.78 is 21.1. The van der Waals surface area contributed by atoms with Crippen LogP contribution in [0.5, 0.6) is 0 Å². The van der Waals surface area contributed by atoms with Gasteiger partial charge in [-0.05, 0) is 30.3 Å². The smallest absolute Gasteiger partial charge is 0.257 e. The molecule has 1 aliphatic heterocycles. The van der Waals surface area contributed by atoms with Crippen LogP contribution in [0.25, 0.3) is 0 Å². The van der Waals surface area contributed by atoms with Crippen molar-refractivity contribution in [3.05, 3.63) is 52.5 Å². The molecule has 0 saturated carbocycles. The Kier molecular flexibility index (Phi) is 3.07. The van der Waals surface area contributed by atoms with Crippen molar-refractivity contribution in [3.63, 3.8) is 0 Å². The van der Waals surface area contributed by atoms with Crippen LogP contribution >= 0.6 is 11.6 Å². The fourth-order valence-electron chi connectivity index (χ4n) is 2.21. The summed E-state index contributed by atoms with van der Waals surface area (Å²) >= 11 is 5.87. The molecule has 2 aromatic rings. The average Bonchev–Trinajstić information content (AvgIpc) is 2.53. The number of amides is 1. The Bertz CT molecular complexity index is 891. The monoisotopic (exact) mass is 320 g/mol. The van der Waals surface area contributed by atoms with Crippen molar-refractivity contribution >= 4 is 39.2 Å². The van der Waals surface area contributed by atoms with Crippen LogP contribution < -0.4 is 5.32 Å². The first-order valence-corrected chi connectivity index (χ1v) is 7.86. The van der Waals surface area contributed by atoms with E-state index < -0.39 is 15.6 Å². The molecule has 1 atom stereocenters. The van der Waals surface area contributed by atoms with Gasteiger partial charge in [-0.2, -0.15) is 0 Å². The van der Waals surface area contributed by atoms with E-state index in [1.165, 1.54) is 36.4 Å². The predicted octanol–water partition coefficient (Wildman–Crippen LogP) is 3.18. The summed E-state index contributed by atoms with van der Waals surface area (Å²) in [6, 6.07) is 8.60. The minimum absolute atomic E-state index is 0.103. The van der Waals surface area contributed by atoms with Gasteiger partial charge in [0.15, 0.2) is 0 Å². The first-order chi connectivity index (χ1) is 9.93. The normalized spacial score (nSPS) is 20.0. The number of aldehydes is 1. The molecule has 1 unspecified atom stereocenters. The summed E-state index contributed by atoms with van der Waals surface area (Å²) in [6.45, 7) is 0. The molecular weight excluding hydrogens is 312 g/mol. The van der Waals surface area contributed by atoms with E-state index in [0.717, 1.165) is 0 Å². The Morgan fingerprint density at radius 3 is 2.57 bits per heavy atom. The van der Waals surface area contributed by atoms with Crippen molar-refractivity contribution < 1.29 is 13.8 Å². The van der Waals surface area contributed by atoms with Gasteiger partial charge in [-0.15, -0.1) is 0 Å². The molecule has 0 bridgehead atoms. The van der Waals surface area contributed by atoms with E-state index in [1.54, 1.807) is 0 Å². The molecule has 21 heavy (non-hydrogen) atoms. The van der Waals surface area contributed by atoms with Crippen molar-refractivity contribution in [2.75, 3.05) is 5.32 Å². The molecule has 0 fully saturated rings. The molecule has 0 saturated heterocycles. The number of halogens is 1. The average molecular weight is 321 g/mol. The van der Waals surface area contributed by atoms with Gasteiger partial charge in [-0.25, -0.2) is 8.99 Å². The van der Waals surface area contributed by atoms with Gasteiger partial charge in [0.25, 0.3) is 5.91 Å². The lowest BCUT2D eigenvalue weighted by Crippen LogP contribution is -2.11. The molecule has 0 radical (unpaired) electrons. The molecule has 5 nitrogen and oxygen atoms in total. The van der Waals surface area contributed by atoms with Crippen LogP contribution in [0.3, 0.4) is 0 Å². The summed E-state index contributed by atoms with van der Waals surface area (Å²) in [5.41, 5.74) is 0.636. The third-order valence-corrected chi connectivity index (χ3v) is 5.38. The molecule has 0 aromatic heterocycles. The van der Waals surface area contributed by atoms with Gasteiger partial charge < -0.3 is 5.32 Å². The number of hydrogen-bond donors (Lipinski definition) is 2. The predicted molar refractivity (Wildman–Crippen MR) is 78.6 cm³/mol. The molecule has 2 aromatic carbocycles. The van der Waals surface area contributed by atoms with E-state index >= 15 is 0 Å². The zero-order valence-corrected chi connectivity index (χ0v) is 12.1. The van der Waals surface area contributed by atoms with E-state index in [4.69, 9.17) is 16.4 Å². The second-order valence-electron chi connectivity index (χ2n) is 4.52.